The van der Waals surface area contributed by atoms with E-state index in [-0.39, 0.29) is 12.0 Å². The molecule has 22 heavy (non-hydrogen) atoms. The molecule has 0 N–H and O–H groups in total. The Morgan fingerprint density at radius 1 is 1.36 bits per heavy atom. The van der Waals surface area contributed by atoms with Gasteiger partial charge in [-0.15, -0.1) is 0 Å². The third-order valence-electron chi connectivity index (χ3n) is 3.82. The fourth-order valence-corrected chi connectivity index (χ4v) is 2.63. The van der Waals surface area contributed by atoms with Crippen molar-refractivity contribution in [3.63, 3.8) is 0 Å². The molecular formula is C16H20N4O2. The number of likely N-dealkylation sites (tertiary alicyclic amines) is 1. The van der Waals surface area contributed by atoms with Crippen LogP contribution in [0.25, 0.3) is 0 Å². The first kappa shape index (κ1) is 14.7. The second-order valence-electron chi connectivity index (χ2n) is 5.51. The standard InChI is InChI=1S/C16H20N4O2/c21-16(11-19-8-6-18-13-19)20-7-2-4-15(10-20)22-12-14-3-1-5-17-9-14/h1,3,5-6,8-9,13,15H,2,4,7,10-12H2/t15-/m1/s1. The van der Waals surface area contributed by atoms with Crippen LogP contribution in [0.2, 0.25) is 0 Å². The molecule has 2 aromatic heterocycles. The lowest BCUT2D eigenvalue weighted by molar-refractivity contribution is -0.136. The lowest BCUT2D eigenvalue weighted by Crippen LogP contribution is -2.44. The molecule has 3 heterocycles. The molecule has 116 valence electrons. The minimum absolute atomic E-state index is 0.0979. The van der Waals surface area contributed by atoms with Crippen LogP contribution in [0.15, 0.2) is 43.2 Å². The molecule has 1 fully saturated rings. The molecule has 6 heteroatoms. The maximum Gasteiger partial charge on any atom is 0.242 e. The Morgan fingerprint density at radius 2 is 2.32 bits per heavy atom. The van der Waals surface area contributed by atoms with Gasteiger partial charge in [0.15, 0.2) is 0 Å². The number of aromatic nitrogens is 3. The van der Waals surface area contributed by atoms with Crippen LogP contribution >= 0.6 is 0 Å². The molecule has 1 aliphatic rings. The third-order valence-corrected chi connectivity index (χ3v) is 3.82. The van der Waals surface area contributed by atoms with Gasteiger partial charge in [-0.1, -0.05) is 6.07 Å². The van der Waals surface area contributed by atoms with Crippen molar-refractivity contribution in [1.29, 1.82) is 0 Å². The summed E-state index contributed by atoms with van der Waals surface area (Å²) in [6.45, 7) is 2.35. The number of pyridine rings is 1. The second-order valence-corrected chi connectivity index (χ2v) is 5.51. The Morgan fingerprint density at radius 3 is 3.09 bits per heavy atom. The molecule has 0 spiro atoms. The first-order valence-corrected chi connectivity index (χ1v) is 7.55. The number of imidazole rings is 1. The molecule has 0 radical (unpaired) electrons. The summed E-state index contributed by atoms with van der Waals surface area (Å²) >= 11 is 0. The Hall–Kier alpha value is -2.21. The molecule has 0 unspecified atom stereocenters. The maximum atomic E-state index is 12.3. The molecule has 0 aromatic carbocycles. The summed E-state index contributed by atoms with van der Waals surface area (Å²) in [7, 11) is 0. The number of carbonyl (C=O) groups is 1. The Kier molecular flexibility index (Phi) is 4.80. The van der Waals surface area contributed by atoms with Crippen molar-refractivity contribution in [3.8, 4) is 0 Å². The second kappa shape index (κ2) is 7.17. The van der Waals surface area contributed by atoms with Gasteiger partial charge in [-0.25, -0.2) is 4.98 Å². The average Bonchev–Trinajstić information content (AvgIpc) is 3.07. The molecule has 1 amide bonds. The van der Waals surface area contributed by atoms with E-state index in [1.807, 2.05) is 23.2 Å². The van der Waals surface area contributed by atoms with Gasteiger partial charge in [0.25, 0.3) is 0 Å². The Balaban J connectivity index is 1.49. The lowest BCUT2D eigenvalue weighted by Gasteiger charge is -2.32. The fourth-order valence-electron chi connectivity index (χ4n) is 2.63. The molecule has 0 saturated carbocycles. The summed E-state index contributed by atoms with van der Waals surface area (Å²) in [5, 5.41) is 0. The summed E-state index contributed by atoms with van der Waals surface area (Å²) in [5.74, 6) is 0.118. The zero-order valence-corrected chi connectivity index (χ0v) is 12.5. The van der Waals surface area contributed by atoms with Crippen molar-refractivity contribution in [2.45, 2.75) is 32.1 Å². The van der Waals surface area contributed by atoms with Crippen molar-refractivity contribution >= 4 is 5.91 Å². The van der Waals surface area contributed by atoms with Gasteiger partial charge in [0, 0.05) is 37.9 Å². The predicted molar refractivity (Wildman–Crippen MR) is 80.9 cm³/mol. The molecule has 1 aliphatic heterocycles. The van der Waals surface area contributed by atoms with E-state index in [2.05, 4.69) is 9.97 Å². The van der Waals surface area contributed by atoms with E-state index in [0.29, 0.717) is 19.7 Å². The highest BCUT2D eigenvalue weighted by atomic mass is 16.5. The molecule has 1 atom stereocenters. The zero-order chi connectivity index (χ0) is 15.2. The van der Waals surface area contributed by atoms with Crippen LogP contribution in [-0.2, 0) is 22.7 Å². The van der Waals surface area contributed by atoms with Gasteiger partial charge in [-0.05, 0) is 24.5 Å². The molecular weight excluding hydrogens is 280 g/mol. The number of ether oxygens (including phenoxy) is 1. The highest BCUT2D eigenvalue weighted by Gasteiger charge is 2.24. The van der Waals surface area contributed by atoms with Gasteiger partial charge in [0.05, 0.1) is 19.0 Å². The lowest BCUT2D eigenvalue weighted by atomic mass is 10.1. The summed E-state index contributed by atoms with van der Waals surface area (Å²) in [4.78, 5) is 22.2. The quantitative estimate of drug-likeness (QED) is 0.839. The topological polar surface area (TPSA) is 60.2 Å². The normalized spacial score (nSPS) is 18.4. The maximum absolute atomic E-state index is 12.3. The zero-order valence-electron chi connectivity index (χ0n) is 12.5. The van der Waals surface area contributed by atoms with Gasteiger partial charge >= 0.3 is 0 Å². The molecule has 3 rings (SSSR count). The first-order valence-electron chi connectivity index (χ1n) is 7.55. The smallest absolute Gasteiger partial charge is 0.242 e. The van der Waals surface area contributed by atoms with Crippen LogP contribution in [0.4, 0.5) is 0 Å². The highest BCUT2D eigenvalue weighted by Crippen LogP contribution is 2.15. The van der Waals surface area contributed by atoms with Gasteiger partial charge in [0.2, 0.25) is 5.91 Å². The molecule has 0 aliphatic carbocycles. The van der Waals surface area contributed by atoms with E-state index >= 15 is 0 Å². The van der Waals surface area contributed by atoms with E-state index in [1.54, 1.807) is 29.5 Å². The van der Waals surface area contributed by atoms with E-state index < -0.39 is 0 Å². The Bertz CT molecular complexity index is 585. The summed E-state index contributed by atoms with van der Waals surface area (Å²) in [5.41, 5.74) is 1.06. The van der Waals surface area contributed by atoms with Crippen LogP contribution in [0.5, 0.6) is 0 Å². The number of nitrogens with zero attached hydrogens (tertiary/aromatic N) is 4. The number of rotatable bonds is 5. The molecule has 2 aromatic rings. The summed E-state index contributed by atoms with van der Waals surface area (Å²) in [6.07, 6.45) is 10.8. The minimum atomic E-state index is 0.0979. The van der Waals surface area contributed by atoms with Crippen molar-refractivity contribution in [2.75, 3.05) is 13.1 Å². The average molecular weight is 300 g/mol. The van der Waals surface area contributed by atoms with Crippen molar-refractivity contribution in [1.82, 2.24) is 19.4 Å². The van der Waals surface area contributed by atoms with Crippen molar-refractivity contribution < 1.29 is 9.53 Å². The summed E-state index contributed by atoms with van der Waals surface area (Å²) < 4.78 is 7.73. The first-order chi connectivity index (χ1) is 10.8. The van der Waals surface area contributed by atoms with Crippen LogP contribution in [0.1, 0.15) is 18.4 Å². The SMILES string of the molecule is O=C(Cn1ccnc1)N1CCC[C@@H](OCc2cccnc2)C1. The molecule has 1 saturated heterocycles. The van der Waals surface area contributed by atoms with Crippen molar-refractivity contribution in [3.05, 3.63) is 48.8 Å². The number of hydrogen-bond acceptors (Lipinski definition) is 4. The van der Waals surface area contributed by atoms with Gasteiger partial charge < -0.3 is 14.2 Å². The van der Waals surface area contributed by atoms with Gasteiger partial charge in [-0.2, -0.15) is 0 Å². The van der Waals surface area contributed by atoms with E-state index in [9.17, 15) is 4.79 Å². The van der Waals surface area contributed by atoms with Crippen LogP contribution < -0.4 is 0 Å². The molecule has 0 bridgehead atoms. The van der Waals surface area contributed by atoms with E-state index in [0.717, 1.165) is 24.9 Å². The van der Waals surface area contributed by atoms with Crippen molar-refractivity contribution in [2.24, 2.45) is 0 Å². The van der Waals surface area contributed by atoms with E-state index in [4.69, 9.17) is 4.74 Å². The number of amides is 1. The van der Waals surface area contributed by atoms with Gasteiger partial charge in [0.1, 0.15) is 6.54 Å². The fraction of sp³-hybridized carbons (Fsp3) is 0.438. The predicted octanol–water partition coefficient (Wildman–Crippen LogP) is 1.49. The monoisotopic (exact) mass is 300 g/mol. The van der Waals surface area contributed by atoms with Crippen LogP contribution in [-0.4, -0.2) is 44.5 Å². The minimum Gasteiger partial charge on any atom is -0.372 e. The number of piperidine rings is 1. The summed E-state index contributed by atoms with van der Waals surface area (Å²) in [6, 6.07) is 3.90. The Labute approximate surface area is 129 Å². The third kappa shape index (κ3) is 3.92. The number of carbonyl (C=O) groups excluding carboxylic acids is 1. The van der Waals surface area contributed by atoms with Crippen LogP contribution in [0.3, 0.4) is 0 Å². The van der Waals surface area contributed by atoms with Crippen LogP contribution in [0, 0.1) is 0 Å². The molecule has 6 nitrogen and oxygen atoms in total. The largest absolute Gasteiger partial charge is 0.372 e. The van der Waals surface area contributed by atoms with Gasteiger partial charge in [-0.3, -0.25) is 9.78 Å². The van der Waals surface area contributed by atoms with E-state index in [1.165, 1.54) is 0 Å². The number of hydrogen-bond donors (Lipinski definition) is 0. The highest BCUT2D eigenvalue weighted by molar-refractivity contribution is 5.76.